The molecule has 0 spiro atoms. The Kier molecular flexibility index (Phi) is 6.39. The first-order valence-corrected chi connectivity index (χ1v) is 8.27. The number of urea groups is 1. The molecule has 2 aromatic rings. The van der Waals surface area contributed by atoms with Gasteiger partial charge >= 0.3 is 18.2 Å². The molecule has 1 unspecified atom stereocenters. The third kappa shape index (κ3) is 4.43. The van der Waals surface area contributed by atoms with Crippen LogP contribution in [0.1, 0.15) is 5.56 Å². The summed E-state index contributed by atoms with van der Waals surface area (Å²) in [6, 6.07) is 6.72. The number of alkyl halides is 3. The molecule has 2 N–H and O–H groups in total. The van der Waals surface area contributed by atoms with Crippen LogP contribution in [0.4, 0.5) is 33.7 Å². The molecular formula is C18H15ClF4N2O4. The number of carbonyl (C=O) groups is 2. The van der Waals surface area contributed by atoms with Gasteiger partial charge in [0.1, 0.15) is 5.82 Å². The Balaban J connectivity index is 2.25. The highest BCUT2D eigenvalue weighted by Gasteiger charge is 2.62. The summed E-state index contributed by atoms with van der Waals surface area (Å²) in [4.78, 5) is 24.9. The summed E-state index contributed by atoms with van der Waals surface area (Å²) in [7, 11) is 2.04. The third-order valence-corrected chi connectivity index (χ3v) is 4.33. The highest BCUT2D eigenvalue weighted by atomic mass is 35.5. The number of aliphatic hydroxyl groups is 1. The maximum Gasteiger partial charge on any atom is 0.432 e. The van der Waals surface area contributed by atoms with Crippen LogP contribution in [0.2, 0.25) is 5.02 Å². The van der Waals surface area contributed by atoms with E-state index in [0.717, 1.165) is 35.2 Å². The number of rotatable bonds is 4. The maximum absolute atomic E-state index is 13.3. The molecule has 0 saturated heterocycles. The molecular weight excluding hydrogens is 420 g/mol. The SMILES string of the molecule is COC(=O)C(O)(c1ccc(N(C)C(=O)Nc2ccc(F)c(Cl)c2)cc1)C(F)(F)F. The van der Waals surface area contributed by atoms with Gasteiger partial charge in [-0.25, -0.2) is 14.0 Å². The maximum atomic E-state index is 13.3. The number of ether oxygens (including phenoxy) is 1. The standard InChI is InChI=1S/C18H15ClF4N2O4/c1-25(16(27)24-11-5-8-14(20)13(19)9-11)12-6-3-10(4-7-12)17(28,15(26)29-2)18(21,22)23/h3-9,28H,1-2H3,(H,24,27). The van der Waals surface area contributed by atoms with Gasteiger partial charge in [0.2, 0.25) is 0 Å². The van der Waals surface area contributed by atoms with E-state index in [0.29, 0.717) is 7.11 Å². The van der Waals surface area contributed by atoms with Crippen molar-refractivity contribution in [1.82, 2.24) is 0 Å². The fourth-order valence-corrected chi connectivity index (χ4v) is 2.55. The summed E-state index contributed by atoms with van der Waals surface area (Å²) < 4.78 is 57.0. The predicted molar refractivity (Wildman–Crippen MR) is 97.2 cm³/mol. The van der Waals surface area contributed by atoms with Crippen molar-refractivity contribution in [3.63, 3.8) is 0 Å². The van der Waals surface area contributed by atoms with Crippen LogP contribution in [0, 0.1) is 5.82 Å². The van der Waals surface area contributed by atoms with Gasteiger partial charge in [0.25, 0.3) is 5.60 Å². The molecule has 0 saturated carbocycles. The Bertz CT molecular complexity index is 921. The Morgan fingerprint density at radius 3 is 2.21 bits per heavy atom. The van der Waals surface area contributed by atoms with Crippen LogP contribution >= 0.6 is 11.6 Å². The van der Waals surface area contributed by atoms with Crippen molar-refractivity contribution < 1.29 is 37.0 Å². The molecule has 2 aromatic carbocycles. The summed E-state index contributed by atoms with van der Waals surface area (Å²) in [6.45, 7) is 0. The lowest BCUT2D eigenvalue weighted by Crippen LogP contribution is -2.49. The highest BCUT2D eigenvalue weighted by Crippen LogP contribution is 2.40. The van der Waals surface area contributed by atoms with Gasteiger partial charge < -0.3 is 15.2 Å². The molecule has 0 bridgehead atoms. The number of methoxy groups -OCH3 is 1. The molecule has 29 heavy (non-hydrogen) atoms. The Morgan fingerprint density at radius 1 is 1.14 bits per heavy atom. The second-order valence-corrected chi connectivity index (χ2v) is 6.27. The number of hydrogen-bond donors (Lipinski definition) is 2. The fourth-order valence-electron chi connectivity index (χ4n) is 2.37. The van der Waals surface area contributed by atoms with Crippen LogP contribution in [0.15, 0.2) is 42.5 Å². The molecule has 2 rings (SSSR count). The molecule has 0 radical (unpaired) electrons. The predicted octanol–water partition coefficient (Wildman–Crippen LogP) is 4.07. The lowest BCUT2D eigenvalue weighted by molar-refractivity contribution is -0.266. The summed E-state index contributed by atoms with van der Waals surface area (Å²) >= 11 is 5.64. The summed E-state index contributed by atoms with van der Waals surface area (Å²) in [5.41, 5.74) is -4.29. The number of anilines is 2. The smallest absolute Gasteiger partial charge is 0.432 e. The average Bonchev–Trinajstić information content (AvgIpc) is 2.68. The number of halogens is 5. The number of esters is 1. The fraction of sp³-hybridized carbons (Fsp3) is 0.222. The lowest BCUT2D eigenvalue weighted by Gasteiger charge is -2.28. The normalized spacial score (nSPS) is 13.4. The van der Waals surface area contributed by atoms with Crippen LogP contribution in [0.5, 0.6) is 0 Å². The third-order valence-electron chi connectivity index (χ3n) is 4.04. The van der Waals surface area contributed by atoms with Gasteiger partial charge in [0, 0.05) is 24.0 Å². The van der Waals surface area contributed by atoms with Crippen LogP contribution < -0.4 is 10.2 Å². The largest absolute Gasteiger partial charge is 0.466 e. The van der Waals surface area contributed by atoms with Crippen LogP contribution in [0.25, 0.3) is 0 Å². The van der Waals surface area contributed by atoms with Gasteiger partial charge in [-0.1, -0.05) is 23.7 Å². The number of amides is 2. The van der Waals surface area contributed by atoms with Crippen molar-refractivity contribution >= 4 is 35.0 Å². The second-order valence-electron chi connectivity index (χ2n) is 5.86. The molecule has 6 nitrogen and oxygen atoms in total. The van der Waals surface area contributed by atoms with Crippen molar-refractivity contribution in [2.75, 3.05) is 24.4 Å². The first kappa shape index (κ1) is 22.4. The van der Waals surface area contributed by atoms with Crippen LogP contribution in [-0.4, -0.2) is 37.4 Å². The molecule has 2 amide bonds. The van der Waals surface area contributed by atoms with Gasteiger partial charge in [-0.15, -0.1) is 0 Å². The van der Waals surface area contributed by atoms with E-state index in [9.17, 15) is 32.3 Å². The van der Waals surface area contributed by atoms with Gasteiger partial charge in [0.05, 0.1) is 12.1 Å². The Labute approximate surface area is 167 Å². The van der Waals surface area contributed by atoms with Gasteiger partial charge in [-0.05, 0) is 30.3 Å². The molecule has 0 aliphatic heterocycles. The van der Waals surface area contributed by atoms with Crippen molar-refractivity contribution in [2.45, 2.75) is 11.8 Å². The number of hydrogen-bond acceptors (Lipinski definition) is 4. The van der Waals surface area contributed by atoms with Crippen molar-refractivity contribution in [2.24, 2.45) is 0 Å². The van der Waals surface area contributed by atoms with E-state index in [2.05, 4.69) is 10.1 Å². The summed E-state index contributed by atoms with van der Waals surface area (Å²) in [5.74, 6) is -2.56. The van der Waals surface area contributed by atoms with E-state index in [-0.39, 0.29) is 16.4 Å². The lowest BCUT2D eigenvalue weighted by atomic mass is 9.93. The molecule has 1 atom stereocenters. The highest BCUT2D eigenvalue weighted by molar-refractivity contribution is 6.31. The summed E-state index contributed by atoms with van der Waals surface area (Å²) in [6.07, 6.45) is -5.33. The van der Waals surface area contributed by atoms with E-state index < -0.39 is 35.2 Å². The van der Waals surface area contributed by atoms with E-state index >= 15 is 0 Å². The molecule has 0 aromatic heterocycles. The molecule has 0 heterocycles. The minimum absolute atomic E-state index is 0.147. The van der Waals surface area contributed by atoms with E-state index in [4.69, 9.17) is 11.6 Å². The van der Waals surface area contributed by atoms with Crippen molar-refractivity contribution in [3.05, 3.63) is 58.9 Å². The quantitative estimate of drug-likeness (QED) is 0.561. The molecule has 0 fully saturated rings. The molecule has 156 valence electrons. The van der Waals surface area contributed by atoms with E-state index in [1.54, 1.807) is 0 Å². The zero-order valence-corrected chi connectivity index (χ0v) is 15.8. The number of nitrogens with zero attached hydrogens (tertiary/aromatic N) is 1. The number of benzene rings is 2. The number of carbonyl (C=O) groups excluding carboxylic acids is 2. The molecule has 0 aliphatic rings. The van der Waals surface area contributed by atoms with Crippen molar-refractivity contribution in [1.29, 1.82) is 0 Å². The van der Waals surface area contributed by atoms with E-state index in [1.807, 2.05) is 0 Å². The van der Waals surface area contributed by atoms with Crippen molar-refractivity contribution in [3.8, 4) is 0 Å². The first-order valence-electron chi connectivity index (χ1n) is 7.89. The zero-order chi connectivity index (χ0) is 22.0. The topological polar surface area (TPSA) is 78.9 Å². The molecule has 11 heteroatoms. The Hall–Kier alpha value is -2.85. The minimum Gasteiger partial charge on any atom is -0.466 e. The summed E-state index contributed by atoms with van der Waals surface area (Å²) in [5, 5.41) is 12.2. The van der Waals surface area contributed by atoms with Crippen LogP contribution in [0.3, 0.4) is 0 Å². The monoisotopic (exact) mass is 434 g/mol. The average molecular weight is 435 g/mol. The second kappa shape index (κ2) is 8.26. The molecule has 0 aliphatic carbocycles. The minimum atomic E-state index is -5.33. The van der Waals surface area contributed by atoms with Gasteiger partial charge in [-0.2, -0.15) is 13.2 Å². The van der Waals surface area contributed by atoms with Gasteiger partial charge in [0.15, 0.2) is 0 Å². The van der Waals surface area contributed by atoms with Gasteiger partial charge in [-0.3, -0.25) is 4.90 Å². The number of nitrogens with one attached hydrogen (secondary N) is 1. The zero-order valence-electron chi connectivity index (χ0n) is 15.1. The Morgan fingerprint density at radius 2 is 1.72 bits per heavy atom. The van der Waals surface area contributed by atoms with Crippen LogP contribution in [-0.2, 0) is 15.1 Å². The van der Waals surface area contributed by atoms with E-state index in [1.165, 1.54) is 19.2 Å². The first-order chi connectivity index (χ1) is 13.4.